The molecule has 1 aliphatic rings. The van der Waals surface area contributed by atoms with E-state index in [0.29, 0.717) is 6.54 Å². The van der Waals surface area contributed by atoms with Gasteiger partial charge in [-0.2, -0.15) is 5.10 Å². The summed E-state index contributed by atoms with van der Waals surface area (Å²) in [6.07, 6.45) is 2.63. The first kappa shape index (κ1) is 20.4. The molecule has 1 fully saturated rings. The fraction of sp³-hybridized carbons (Fsp3) is 0.545. The molecule has 1 aromatic carbocycles. The van der Waals surface area contributed by atoms with E-state index in [-0.39, 0.29) is 0 Å². The Morgan fingerprint density at radius 2 is 1.93 bits per heavy atom. The second-order valence-electron chi connectivity index (χ2n) is 7.84. The molecule has 3 rings (SSSR count). The van der Waals surface area contributed by atoms with Crippen molar-refractivity contribution < 1.29 is 0 Å². The van der Waals surface area contributed by atoms with Gasteiger partial charge in [0.05, 0.1) is 11.4 Å². The van der Waals surface area contributed by atoms with Gasteiger partial charge in [0.25, 0.3) is 0 Å². The third-order valence-corrected chi connectivity index (χ3v) is 5.50. The minimum atomic E-state index is 0.704. The van der Waals surface area contributed by atoms with E-state index in [9.17, 15) is 0 Å². The minimum absolute atomic E-state index is 0.704. The number of likely N-dealkylation sites (tertiary alicyclic amines) is 1. The maximum atomic E-state index is 4.63. The van der Waals surface area contributed by atoms with Crippen LogP contribution < -0.4 is 10.6 Å². The van der Waals surface area contributed by atoms with Gasteiger partial charge in [0.2, 0.25) is 0 Å². The zero-order chi connectivity index (χ0) is 19.9. The van der Waals surface area contributed by atoms with Crippen LogP contribution in [0.5, 0.6) is 0 Å². The van der Waals surface area contributed by atoms with Crippen LogP contribution in [0.1, 0.15) is 36.7 Å². The van der Waals surface area contributed by atoms with Gasteiger partial charge in [0.15, 0.2) is 5.96 Å². The van der Waals surface area contributed by atoms with Gasteiger partial charge >= 0.3 is 0 Å². The van der Waals surface area contributed by atoms with Crippen LogP contribution in [0.2, 0.25) is 0 Å². The Hall–Kier alpha value is -2.34. The average molecular weight is 383 g/mol. The number of aryl methyl sites for hydroxylation is 2. The van der Waals surface area contributed by atoms with Crippen LogP contribution in [0.4, 0.5) is 0 Å². The molecule has 6 heteroatoms. The Bertz CT molecular complexity index is 786. The van der Waals surface area contributed by atoms with Gasteiger partial charge in [0, 0.05) is 32.4 Å². The van der Waals surface area contributed by atoms with Crippen molar-refractivity contribution in [3.05, 3.63) is 47.3 Å². The van der Waals surface area contributed by atoms with Gasteiger partial charge in [-0.15, -0.1) is 0 Å². The van der Waals surface area contributed by atoms with Gasteiger partial charge in [-0.05, 0) is 63.4 Å². The SMILES string of the molecule is CN=C(NCCN1CCC(C)CC1)NCc1ccccc1-n1nc(C)cc1C. The molecule has 0 atom stereocenters. The molecule has 1 saturated heterocycles. The van der Waals surface area contributed by atoms with Crippen molar-refractivity contribution in [2.24, 2.45) is 10.9 Å². The summed E-state index contributed by atoms with van der Waals surface area (Å²) in [7, 11) is 1.82. The summed E-state index contributed by atoms with van der Waals surface area (Å²) in [4.78, 5) is 6.92. The highest BCUT2D eigenvalue weighted by Crippen LogP contribution is 2.17. The van der Waals surface area contributed by atoms with Crippen molar-refractivity contribution in [1.82, 2.24) is 25.3 Å². The first-order valence-corrected chi connectivity index (χ1v) is 10.3. The maximum Gasteiger partial charge on any atom is 0.191 e. The molecule has 0 aliphatic carbocycles. The average Bonchev–Trinajstić information content (AvgIpc) is 3.04. The minimum Gasteiger partial charge on any atom is -0.355 e. The molecule has 0 saturated carbocycles. The van der Waals surface area contributed by atoms with E-state index >= 15 is 0 Å². The molecule has 0 bridgehead atoms. The molecule has 0 spiro atoms. The van der Waals surface area contributed by atoms with E-state index in [1.165, 1.54) is 31.5 Å². The Balaban J connectivity index is 1.53. The number of nitrogens with zero attached hydrogens (tertiary/aromatic N) is 4. The molecule has 152 valence electrons. The summed E-state index contributed by atoms with van der Waals surface area (Å²) in [6, 6.07) is 10.5. The van der Waals surface area contributed by atoms with Crippen molar-refractivity contribution in [3.8, 4) is 5.69 Å². The van der Waals surface area contributed by atoms with Crippen LogP contribution >= 0.6 is 0 Å². The number of nitrogens with one attached hydrogen (secondary N) is 2. The summed E-state index contributed by atoms with van der Waals surface area (Å²) in [5.74, 6) is 1.72. The van der Waals surface area contributed by atoms with Gasteiger partial charge in [-0.25, -0.2) is 4.68 Å². The second-order valence-corrected chi connectivity index (χ2v) is 7.84. The predicted octanol–water partition coefficient (Wildman–Crippen LogP) is 2.89. The Morgan fingerprint density at radius 3 is 2.61 bits per heavy atom. The van der Waals surface area contributed by atoms with Crippen LogP contribution in [-0.4, -0.2) is 53.9 Å². The first-order chi connectivity index (χ1) is 13.6. The van der Waals surface area contributed by atoms with E-state index < -0.39 is 0 Å². The topological polar surface area (TPSA) is 57.5 Å². The smallest absolute Gasteiger partial charge is 0.191 e. The standard InChI is InChI=1S/C22H34N6/c1-17-9-12-27(13-10-17)14-11-24-22(23-4)25-16-20-7-5-6-8-21(20)28-19(3)15-18(2)26-28/h5-8,15,17H,9-14,16H2,1-4H3,(H2,23,24,25). The zero-order valence-electron chi connectivity index (χ0n) is 17.7. The van der Waals surface area contributed by atoms with Gasteiger partial charge in [0.1, 0.15) is 0 Å². The monoisotopic (exact) mass is 382 g/mol. The molecule has 1 aliphatic heterocycles. The van der Waals surface area contributed by atoms with Crippen LogP contribution in [0.25, 0.3) is 5.69 Å². The molecule has 2 aromatic rings. The van der Waals surface area contributed by atoms with E-state index in [1.807, 2.05) is 18.7 Å². The zero-order valence-corrected chi connectivity index (χ0v) is 17.7. The molecule has 1 aromatic heterocycles. The third kappa shape index (κ3) is 5.35. The normalized spacial score (nSPS) is 16.4. The maximum absolute atomic E-state index is 4.63. The number of rotatable bonds is 6. The van der Waals surface area contributed by atoms with Crippen molar-refractivity contribution in [3.63, 3.8) is 0 Å². The van der Waals surface area contributed by atoms with Crippen molar-refractivity contribution in [1.29, 1.82) is 0 Å². The van der Waals surface area contributed by atoms with Crippen LogP contribution in [0.15, 0.2) is 35.3 Å². The van der Waals surface area contributed by atoms with E-state index in [2.05, 4.69) is 69.8 Å². The number of aliphatic imine (C=N–C) groups is 1. The van der Waals surface area contributed by atoms with Crippen molar-refractivity contribution in [2.45, 2.75) is 40.2 Å². The largest absolute Gasteiger partial charge is 0.355 e. The fourth-order valence-electron chi connectivity index (χ4n) is 3.76. The quantitative estimate of drug-likeness (QED) is 0.596. The first-order valence-electron chi connectivity index (χ1n) is 10.3. The number of hydrogen-bond acceptors (Lipinski definition) is 3. The van der Waals surface area contributed by atoms with Gasteiger partial charge in [-0.1, -0.05) is 25.1 Å². The van der Waals surface area contributed by atoms with Gasteiger partial charge < -0.3 is 15.5 Å². The lowest BCUT2D eigenvalue weighted by Crippen LogP contribution is -2.43. The lowest BCUT2D eigenvalue weighted by Gasteiger charge is -2.30. The predicted molar refractivity (Wildman–Crippen MR) is 116 cm³/mol. The number of para-hydroxylation sites is 1. The second kappa shape index (κ2) is 9.73. The van der Waals surface area contributed by atoms with Gasteiger partial charge in [-0.3, -0.25) is 4.99 Å². The fourth-order valence-corrected chi connectivity index (χ4v) is 3.76. The number of hydrogen-bond donors (Lipinski definition) is 2. The molecular formula is C22H34N6. The van der Waals surface area contributed by atoms with Crippen LogP contribution in [0, 0.1) is 19.8 Å². The number of aromatic nitrogens is 2. The summed E-state index contributed by atoms with van der Waals surface area (Å²) in [6.45, 7) is 11.6. The molecule has 2 N–H and O–H groups in total. The summed E-state index contributed by atoms with van der Waals surface area (Å²) in [5.41, 5.74) is 4.48. The van der Waals surface area contributed by atoms with E-state index in [4.69, 9.17) is 0 Å². The third-order valence-electron chi connectivity index (χ3n) is 5.50. The number of guanidine groups is 1. The highest BCUT2D eigenvalue weighted by Gasteiger charge is 2.15. The number of piperidine rings is 1. The Labute approximate surface area is 169 Å². The highest BCUT2D eigenvalue weighted by atomic mass is 15.3. The van der Waals surface area contributed by atoms with Crippen LogP contribution in [-0.2, 0) is 6.54 Å². The summed E-state index contributed by atoms with van der Waals surface area (Å²) >= 11 is 0. The molecule has 2 heterocycles. The van der Waals surface area contributed by atoms with E-state index in [1.54, 1.807) is 0 Å². The lowest BCUT2D eigenvalue weighted by atomic mass is 9.99. The molecule has 6 nitrogen and oxygen atoms in total. The van der Waals surface area contributed by atoms with Crippen molar-refractivity contribution >= 4 is 5.96 Å². The highest BCUT2D eigenvalue weighted by molar-refractivity contribution is 5.79. The molecule has 0 amide bonds. The van der Waals surface area contributed by atoms with Crippen LogP contribution in [0.3, 0.4) is 0 Å². The molecule has 0 radical (unpaired) electrons. The molecule has 28 heavy (non-hydrogen) atoms. The molecular weight excluding hydrogens is 348 g/mol. The van der Waals surface area contributed by atoms with E-state index in [0.717, 1.165) is 42.0 Å². The Morgan fingerprint density at radius 1 is 1.18 bits per heavy atom. The lowest BCUT2D eigenvalue weighted by molar-refractivity contribution is 0.195. The van der Waals surface area contributed by atoms with Crippen molar-refractivity contribution in [2.75, 3.05) is 33.2 Å². The molecule has 0 unspecified atom stereocenters. The Kier molecular flexibility index (Phi) is 7.09. The summed E-state index contributed by atoms with van der Waals surface area (Å²) < 4.78 is 2.01. The summed E-state index contributed by atoms with van der Waals surface area (Å²) in [5, 5.41) is 11.5. The number of benzene rings is 1.